The van der Waals surface area contributed by atoms with E-state index in [1.165, 1.54) is 7.11 Å². The molecule has 0 saturated heterocycles. The SMILES string of the molecule is COc1ccc(Cl)cc1C(=O)Nc1ccc(-c2nc3ncccc3o2)cc1C. The molecule has 0 fully saturated rings. The number of pyridine rings is 1. The summed E-state index contributed by atoms with van der Waals surface area (Å²) in [6, 6.07) is 14.1. The minimum Gasteiger partial charge on any atom is -0.496 e. The number of halogens is 1. The van der Waals surface area contributed by atoms with Crippen LogP contribution in [0.2, 0.25) is 5.02 Å². The van der Waals surface area contributed by atoms with Crippen molar-refractivity contribution in [2.45, 2.75) is 6.92 Å². The number of carbonyl (C=O) groups is 1. The fourth-order valence-electron chi connectivity index (χ4n) is 2.88. The number of carbonyl (C=O) groups excluding carboxylic acids is 1. The van der Waals surface area contributed by atoms with Gasteiger partial charge in [-0.2, -0.15) is 4.98 Å². The maximum Gasteiger partial charge on any atom is 0.259 e. The number of hydrogen-bond donors (Lipinski definition) is 1. The molecule has 0 aliphatic carbocycles. The third kappa shape index (κ3) is 3.42. The second-order valence-electron chi connectivity index (χ2n) is 6.17. The highest BCUT2D eigenvalue weighted by atomic mass is 35.5. The third-order valence-corrected chi connectivity index (χ3v) is 4.53. The monoisotopic (exact) mass is 393 g/mol. The van der Waals surface area contributed by atoms with E-state index in [2.05, 4.69) is 15.3 Å². The molecule has 0 aliphatic heterocycles. The van der Waals surface area contributed by atoms with Crippen LogP contribution >= 0.6 is 11.6 Å². The van der Waals surface area contributed by atoms with Crippen LogP contribution in [0.1, 0.15) is 15.9 Å². The lowest BCUT2D eigenvalue weighted by Gasteiger charge is -2.12. The molecule has 140 valence electrons. The number of nitrogens with zero attached hydrogens (tertiary/aromatic N) is 2. The Morgan fingerprint density at radius 3 is 2.79 bits per heavy atom. The molecule has 0 aliphatic rings. The van der Waals surface area contributed by atoms with E-state index in [1.807, 2.05) is 31.2 Å². The van der Waals surface area contributed by atoms with Gasteiger partial charge in [-0.05, 0) is 61.0 Å². The van der Waals surface area contributed by atoms with Gasteiger partial charge in [-0.15, -0.1) is 0 Å². The van der Waals surface area contributed by atoms with Crippen molar-refractivity contribution in [2.75, 3.05) is 12.4 Å². The lowest BCUT2D eigenvalue weighted by atomic mass is 10.1. The summed E-state index contributed by atoms with van der Waals surface area (Å²) in [6.45, 7) is 1.90. The van der Waals surface area contributed by atoms with Gasteiger partial charge in [0.05, 0.1) is 12.7 Å². The van der Waals surface area contributed by atoms with Gasteiger partial charge in [0.2, 0.25) is 5.89 Å². The summed E-state index contributed by atoms with van der Waals surface area (Å²) >= 11 is 6.02. The van der Waals surface area contributed by atoms with Crippen LogP contribution in [0.4, 0.5) is 5.69 Å². The molecular weight excluding hydrogens is 378 g/mol. The van der Waals surface area contributed by atoms with E-state index in [4.69, 9.17) is 20.8 Å². The number of aryl methyl sites for hydroxylation is 1. The molecule has 4 rings (SSSR count). The van der Waals surface area contributed by atoms with Gasteiger partial charge in [-0.1, -0.05) is 11.6 Å². The van der Waals surface area contributed by atoms with Gasteiger partial charge in [0, 0.05) is 22.5 Å². The Bertz CT molecular complexity index is 1150. The second-order valence-corrected chi connectivity index (χ2v) is 6.61. The summed E-state index contributed by atoms with van der Waals surface area (Å²) in [5.74, 6) is 0.627. The lowest BCUT2D eigenvalue weighted by molar-refractivity contribution is 0.102. The Balaban J connectivity index is 1.61. The predicted octanol–water partition coefficient (Wildman–Crippen LogP) is 5.11. The van der Waals surface area contributed by atoms with Crippen molar-refractivity contribution >= 4 is 34.4 Å². The van der Waals surface area contributed by atoms with Gasteiger partial charge < -0.3 is 14.5 Å². The molecule has 0 atom stereocenters. The number of methoxy groups -OCH3 is 1. The van der Waals surface area contributed by atoms with Crippen LogP contribution in [0.15, 0.2) is 59.1 Å². The first-order valence-electron chi connectivity index (χ1n) is 8.52. The summed E-state index contributed by atoms with van der Waals surface area (Å²) in [5.41, 5.74) is 3.88. The molecule has 28 heavy (non-hydrogen) atoms. The van der Waals surface area contributed by atoms with Crippen LogP contribution in [0.5, 0.6) is 5.75 Å². The first-order valence-corrected chi connectivity index (χ1v) is 8.90. The second kappa shape index (κ2) is 7.32. The van der Waals surface area contributed by atoms with Crippen molar-refractivity contribution in [2.24, 2.45) is 0 Å². The maximum atomic E-state index is 12.7. The number of fused-ring (bicyclic) bond motifs is 1. The number of benzene rings is 2. The Kier molecular flexibility index (Phi) is 4.71. The van der Waals surface area contributed by atoms with E-state index in [0.717, 1.165) is 11.1 Å². The highest BCUT2D eigenvalue weighted by Gasteiger charge is 2.15. The summed E-state index contributed by atoms with van der Waals surface area (Å²) in [7, 11) is 1.51. The first kappa shape index (κ1) is 18.0. The zero-order valence-corrected chi connectivity index (χ0v) is 15.9. The quantitative estimate of drug-likeness (QED) is 0.521. The zero-order valence-electron chi connectivity index (χ0n) is 15.2. The standard InChI is InChI=1S/C21H16ClN3O3/c1-12-10-13(21-25-19-18(28-21)4-3-9-23-19)5-7-16(12)24-20(26)15-11-14(22)6-8-17(15)27-2/h3-11H,1-2H3,(H,24,26). The summed E-state index contributed by atoms with van der Waals surface area (Å²) in [4.78, 5) is 21.3. The molecule has 2 aromatic heterocycles. The van der Waals surface area contributed by atoms with Crippen molar-refractivity contribution in [3.63, 3.8) is 0 Å². The van der Waals surface area contributed by atoms with Crippen LogP contribution in [0.3, 0.4) is 0 Å². The lowest BCUT2D eigenvalue weighted by Crippen LogP contribution is -2.14. The molecule has 1 amide bonds. The van der Waals surface area contributed by atoms with Crippen LogP contribution in [-0.4, -0.2) is 23.0 Å². The zero-order chi connectivity index (χ0) is 19.7. The average molecular weight is 394 g/mol. The third-order valence-electron chi connectivity index (χ3n) is 4.29. The molecule has 0 saturated carbocycles. The minimum atomic E-state index is -0.304. The average Bonchev–Trinajstić information content (AvgIpc) is 3.13. The summed E-state index contributed by atoms with van der Waals surface area (Å²) in [6.07, 6.45) is 1.67. The fraction of sp³-hybridized carbons (Fsp3) is 0.0952. The minimum absolute atomic E-state index is 0.304. The van der Waals surface area contributed by atoms with Crippen molar-refractivity contribution in [3.8, 4) is 17.2 Å². The number of ether oxygens (including phenoxy) is 1. The fourth-order valence-corrected chi connectivity index (χ4v) is 3.05. The van der Waals surface area contributed by atoms with Gasteiger partial charge in [-0.3, -0.25) is 4.79 Å². The van der Waals surface area contributed by atoms with Gasteiger partial charge in [0.25, 0.3) is 5.91 Å². The molecule has 1 N–H and O–H groups in total. The molecule has 0 spiro atoms. The van der Waals surface area contributed by atoms with E-state index in [-0.39, 0.29) is 5.91 Å². The Morgan fingerprint density at radius 1 is 1.18 bits per heavy atom. The number of amides is 1. The van der Waals surface area contributed by atoms with Crippen LogP contribution in [-0.2, 0) is 0 Å². The number of hydrogen-bond acceptors (Lipinski definition) is 5. The topological polar surface area (TPSA) is 77.2 Å². The number of oxazole rings is 1. The smallest absolute Gasteiger partial charge is 0.259 e. The van der Waals surface area contributed by atoms with Crippen molar-refractivity contribution in [1.82, 2.24) is 9.97 Å². The van der Waals surface area contributed by atoms with Crippen molar-refractivity contribution in [1.29, 1.82) is 0 Å². The van der Waals surface area contributed by atoms with Gasteiger partial charge in [-0.25, -0.2) is 4.98 Å². The number of anilines is 1. The van der Waals surface area contributed by atoms with Gasteiger partial charge in [0.15, 0.2) is 11.2 Å². The largest absolute Gasteiger partial charge is 0.496 e. The summed E-state index contributed by atoms with van der Waals surface area (Å²) < 4.78 is 11.0. The van der Waals surface area contributed by atoms with Crippen LogP contribution < -0.4 is 10.1 Å². The number of rotatable bonds is 4. The van der Waals surface area contributed by atoms with E-state index in [0.29, 0.717) is 39.1 Å². The highest BCUT2D eigenvalue weighted by molar-refractivity contribution is 6.31. The Morgan fingerprint density at radius 2 is 2.04 bits per heavy atom. The molecule has 0 bridgehead atoms. The van der Waals surface area contributed by atoms with Gasteiger partial charge in [0.1, 0.15) is 5.75 Å². The summed E-state index contributed by atoms with van der Waals surface area (Å²) in [5, 5.41) is 3.35. The number of nitrogens with one attached hydrogen (secondary N) is 1. The van der Waals surface area contributed by atoms with E-state index in [1.54, 1.807) is 30.5 Å². The number of aromatic nitrogens is 2. The molecule has 0 unspecified atom stereocenters. The Hall–Kier alpha value is -3.38. The predicted molar refractivity (Wildman–Crippen MR) is 108 cm³/mol. The molecule has 6 nitrogen and oxygen atoms in total. The van der Waals surface area contributed by atoms with Crippen molar-refractivity contribution < 1.29 is 13.9 Å². The van der Waals surface area contributed by atoms with Crippen LogP contribution in [0.25, 0.3) is 22.7 Å². The van der Waals surface area contributed by atoms with Gasteiger partial charge >= 0.3 is 0 Å². The normalized spacial score (nSPS) is 10.8. The molecule has 2 aromatic carbocycles. The molecular formula is C21H16ClN3O3. The molecule has 2 heterocycles. The van der Waals surface area contributed by atoms with Crippen LogP contribution in [0, 0.1) is 6.92 Å². The van der Waals surface area contributed by atoms with E-state index < -0.39 is 0 Å². The van der Waals surface area contributed by atoms with E-state index >= 15 is 0 Å². The molecule has 4 aromatic rings. The van der Waals surface area contributed by atoms with E-state index in [9.17, 15) is 4.79 Å². The molecule has 7 heteroatoms. The van der Waals surface area contributed by atoms with Crippen molar-refractivity contribution in [3.05, 3.63) is 70.9 Å². The highest BCUT2D eigenvalue weighted by Crippen LogP contribution is 2.28. The Labute approximate surface area is 166 Å². The maximum absolute atomic E-state index is 12.7. The molecule has 0 radical (unpaired) electrons. The first-order chi connectivity index (χ1) is 13.5.